The highest BCUT2D eigenvalue weighted by Gasteiger charge is 2.34. The van der Waals surface area contributed by atoms with Gasteiger partial charge in [0.1, 0.15) is 27.1 Å². The highest BCUT2D eigenvalue weighted by Crippen LogP contribution is 2.34. The van der Waals surface area contributed by atoms with Crippen molar-refractivity contribution in [2.75, 3.05) is 5.73 Å². The Kier molecular flexibility index (Phi) is 3.79. The molecule has 2 N–H and O–H groups in total. The van der Waals surface area contributed by atoms with Gasteiger partial charge in [0, 0.05) is 16.4 Å². The van der Waals surface area contributed by atoms with E-state index in [1.165, 1.54) is 17.4 Å². The Labute approximate surface area is 136 Å². The first kappa shape index (κ1) is 15.5. The summed E-state index contributed by atoms with van der Waals surface area (Å²) < 4.78 is 38.0. The smallest absolute Gasteiger partial charge is 0.399 e. The molecule has 0 radical (unpaired) electrons. The third kappa shape index (κ3) is 3.18. The molecule has 0 spiro atoms. The summed E-state index contributed by atoms with van der Waals surface area (Å²) in [7, 11) is 0. The van der Waals surface area contributed by atoms with Gasteiger partial charge < -0.3 is 5.73 Å². The van der Waals surface area contributed by atoms with Gasteiger partial charge in [-0.15, -0.1) is 29.1 Å². The van der Waals surface area contributed by atoms with Crippen LogP contribution in [0.1, 0.15) is 11.4 Å². The Morgan fingerprint density at radius 3 is 2.13 bits per heavy atom. The van der Waals surface area contributed by atoms with Crippen molar-refractivity contribution in [2.45, 2.75) is 6.18 Å². The molecule has 116 valence electrons. The van der Waals surface area contributed by atoms with E-state index in [0.717, 1.165) is 16.7 Å². The molecule has 0 aromatic carbocycles. The average Bonchev–Trinajstić information content (AvgIpc) is 3.15. The average molecular weight is 352 g/mol. The molecular formula is C14H7F3N4S2. The van der Waals surface area contributed by atoms with Gasteiger partial charge >= 0.3 is 6.18 Å². The molecule has 3 aromatic rings. The maximum absolute atomic E-state index is 12.7. The Bertz CT molecular complexity index is 905. The van der Waals surface area contributed by atoms with Crippen molar-refractivity contribution in [3.05, 3.63) is 34.3 Å². The summed E-state index contributed by atoms with van der Waals surface area (Å²) in [5.41, 5.74) is 6.38. The van der Waals surface area contributed by atoms with E-state index in [2.05, 4.69) is 20.9 Å². The SMILES string of the molecule is C#Cc1csc(-c2cc(N)cc(-c3nc(C(F)(F)F)cs3)n2)n1. The molecule has 0 aliphatic heterocycles. The molecule has 0 amide bonds. The zero-order chi connectivity index (χ0) is 16.6. The minimum Gasteiger partial charge on any atom is -0.399 e. The first-order valence-electron chi connectivity index (χ1n) is 6.10. The molecule has 0 bridgehead atoms. The van der Waals surface area contributed by atoms with Crippen LogP contribution in [0.4, 0.5) is 18.9 Å². The van der Waals surface area contributed by atoms with Crippen LogP contribution in [0.5, 0.6) is 0 Å². The van der Waals surface area contributed by atoms with Crippen LogP contribution in [0, 0.1) is 12.3 Å². The van der Waals surface area contributed by atoms with Crippen molar-refractivity contribution in [3.8, 4) is 33.7 Å². The predicted octanol–water partition coefficient (Wildman–Crippen LogP) is 3.91. The molecule has 9 heteroatoms. The van der Waals surface area contributed by atoms with Crippen molar-refractivity contribution >= 4 is 28.4 Å². The molecule has 0 unspecified atom stereocenters. The van der Waals surface area contributed by atoms with Crippen LogP contribution < -0.4 is 5.73 Å². The number of terminal acetylenes is 1. The van der Waals surface area contributed by atoms with Crippen LogP contribution in [-0.4, -0.2) is 15.0 Å². The minimum atomic E-state index is -4.49. The second kappa shape index (κ2) is 5.64. The number of hydrogen-bond donors (Lipinski definition) is 1. The quantitative estimate of drug-likeness (QED) is 0.710. The number of alkyl halides is 3. The topological polar surface area (TPSA) is 64.7 Å². The van der Waals surface area contributed by atoms with Crippen LogP contribution in [0.2, 0.25) is 0 Å². The lowest BCUT2D eigenvalue weighted by Crippen LogP contribution is -2.05. The Hall–Kier alpha value is -2.44. The van der Waals surface area contributed by atoms with Gasteiger partial charge in [-0.2, -0.15) is 13.2 Å². The normalized spacial score (nSPS) is 11.4. The number of hydrogen-bond acceptors (Lipinski definition) is 6. The van der Waals surface area contributed by atoms with Crippen molar-refractivity contribution in [1.82, 2.24) is 15.0 Å². The van der Waals surface area contributed by atoms with Crippen LogP contribution in [0.25, 0.3) is 21.4 Å². The maximum atomic E-state index is 12.7. The highest BCUT2D eigenvalue weighted by molar-refractivity contribution is 7.13. The van der Waals surface area contributed by atoms with E-state index in [1.54, 1.807) is 11.4 Å². The zero-order valence-electron chi connectivity index (χ0n) is 11.3. The molecule has 0 saturated carbocycles. The standard InChI is InChI=1S/C14H7F3N4S2/c1-2-8-5-22-12(19-8)9-3-7(18)4-10(20-9)13-21-11(6-23-13)14(15,16)17/h1,3-6H,(H2,18,20). The second-order valence-electron chi connectivity index (χ2n) is 4.39. The molecule has 0 saturated heterocycles. The molecule has 3 heterocycles. The molecule has 0 aliphatic carbocycles. The van der Waals surface area contributed by atoms with Crippen molar-refractivity contribution in [3.63, 3.8) is 0 Å². The largest absolute Gasteiger partial charge is 0.434 e. The lowest BCUT2D eigenvalue weighted by Gasteiger charge is -2.03. The monoisotopic (exact) mass is 352 g/mol. The lowest BCUT2D eigenvalue weighted by atomic mass is 10.2. The summed E-state index contributed by atoms with van der Waals surface area (Å²) in [4.78, 5) is 12.1. The number of nitrogens with two attached hydrogens (primary N) is 1. The number of anilines is 1. The number of rotatable bonds is 2. The van der Waals surface area contributed by atoms with Gasteiger partial charge in [-0.25, -0.2) is 15.0 Å². The van der Waals surface area contributed by atoms with E-state index in [1.807, 2.05) is 0 Å². The van der Waals surface area contributed by atoms with E-state index >= 15 is 0 Å². The van der Waals surface area contributed by atoms with E-state index < -0.39 is 11.9 Å². The molecule has 0 fully saturated rings. The summed E-state index contributed by atoms with van der Waals surface area (Å²) in [6.07, 6.45) is 0.779. The van der Waals surface area contributed by atoms with E-state index in [9.17, 15) is 13.2 Å². The summed E-state index contributed by atoms with van der Waals surface area (Å²) in [5, 5.41) is 3.31. The number of nitrogen functional groups attached to an aromatic ring is 1. The molecule has 4 nitrogen and oxygen atoms in total. The fourth-order valence-electron chi connectivity index (χ4n) is 1.75. The highest BCUT2D eigenvalue weighted by atomic mass is 32.1. The Morgan fingerprint density at radius 2 is 1.61 bits per heavy atom. The molecule has 23 heavy (non-hydrogen) atoms. The van der Waals surface area contributed by atoms with Crippen LogP contribution in [-0.2, 0) is 6.18 Å². The minimum absolute atomic E-state index is 0.139. The predicted molar refractivity (Wildman–Crippen MR) is 83.8 cm³/mol. The van der Waals surface area contributed by atoms with Crippen molar-refractivity contribution in [2.24, 2.45) is 0 Å². The van der Waals surface area contributed by atoms with Crippen LogP contribution in [0.3, 0.4) is 0 Å². The van der Waals surface area contributed by atoms with Crippen molar-refractivity contribution < 1.29 is 13.2 Å². The van der Waals surface area contributed by atoms with Crippen molar-refractivity contribution in [1.29, 1.82) is 0 Å². The molecule has 0 atom stereocenters. The third-order valence-electron chi connectivity index (χ3n) is 2.73. The summed E-state index contributed by atoms with van der Waals surface area (Å²) in [6, 6.07) is 3.05. The van der Waals surface area contributed by atoms with Gasteiger partial charge in [0.25, 0.3) is 0 Å². The number of halogens is 3. The molecule has 3 rings (SSSR count). The number of nitrogens with zero attached hydrogens (tertiary/aromatic N) is 3. The summed E-state index contributed by atoms with van der Waals surface area (Å²) >= 11 is 2.13. The molecule has 0 aliphatic rings. The Morgan fingerprint density at radius 1 is 1.00 bits per heavy atom. The number of thiazole rings is 2. The van der Waals surface area contributed by atoms with Gasteiger partial charge in [-0.1, -0.05) is 0 Å². The van der Waals surface area contributed by atoms with Gasteiger partial charge in [0.05, 0.1) is 0 Å². The lowest BCUT2D eigenvalue weighted by molar-refractivity contribution is -0.140. The fourth-order valence-corrected chi connectivity index (χ4v) is 3.26. The second-order valence-corrected chi connectivity index (χ2v) is 6.11. The van der Waals surface area contributed by atoms with Gasteiger partial charge in [0.15, 0.2) is 5.69 Å². The van der Waals surface area contributed by atoms with Gasteiger partial charge in [-0.3, -0.25) is 0 Å². The zero-order valence-corrected chi connectivity index (χ0v) is 12.9. The van der Waals surface area contributed by atoms with Crippen LogP contribution in [0.15, 0.2) is 22.9 Å². The Balaban J connectivity index is 2.04. The number of aromatic nitrogens is 3. The third-order valence-corrected chi connectivity index (χ3v) is 4.46. The number of pyridine rings is 1. The molecule has 3 aromatic heterocycles. The van der Waals surface area contributed by atoms with E-state index in [0.29, 0.717) is 22.1 Å². The first-order chi connectivity index (χ1) is 10.9. The van der Waals surface area contributed by atoms with E-state index in [-0.39, 0.29) is 10.7 Å². The maximum Gasteiger partial charge on any atom is 0.434 e. The van der Waals surface area contributed by atoms with Gasteiger partial charge in [0.2, 0.25) is 0 Å². The fraction of sp³-hybridized carbons (Fsp3) is 0.0714. The van der Waals surface area contributed by atoms with Crippen LogP contribution >= 0.6 is 22.7 Å². The summed E-state index contributed by atoms with van der Waals surface area (Å²) in [5.74, 6) is 2.40. The first-order valence-corrected chi connectivity index (χ1v) is 7.86. The van der Waals surface area contributed by atoms with Gasteiger partial charge in [-0.05, 0) is 18.1 Å². The molecular weight excluding hydrogens is 345 g/mol. The van der Waals surface area contributed by atoms with E-state index in [4.69, 9.17) is 12.2 Å². The summed E-state index contributed by atoms with van der Waals surface area (Å²) in [6.45, 7) is 0.